The van der Waals surface area contributed by atoms with Crippen molar-refractivity contribution in [3.05, 3.63) is 28.6 Å². The lowest BCUT2D eigenvalue weighted by Crippen LogP contribution is -2.25. The van der Waals surface area contributed by atoms with E-state index in [-0.39, 0.29) is 0 Å². The zero-order valence-electron chi connectivity index (χ0n) is 13.0. The van der Waals surface area contributed by atoms with Gasteiger partial charge in [-0.05, 0) is 63.3 Å². The maximum atomic E-state index is 4.57. The number of nitrogens with zero attached hydrogens (tertiary/aromatic N) is 1. The summed E-state index contributed by atoms with van der Waals surface area (Å²) in [6.07, 6.45) is 1.19. The molecule has 0 radical (unpaired) electrons. The molecular weight excluding hydrogens is 220 g/mol. The fourth-order valence-electron chi connectivity index (χ4n) is 2.45. The zero-order chi connectivity index (χ0) is 13.9. The Bertz CT molecular complexity index is 379. The molecule has 1 N–H and O–H groups in total. The molecule has 0 fully saturated rings. The summed E-state index contributed by atoms with van der Waals surface area (Å²) in [5.41, 5.74) is 5.35. The first-order valence-corrected chi connectivity index (χ1v) is 6.89. The van der Waals surface area contributed by atoms with Gasteiger partial charge in [0.1, 0.15) is 0 Å². The Labute approximate surface area is 112 Å². The predicted octanol–water partition coefficient (Wildman–Crippen LogP) is 4.09. The highest BCUT2D eigenvalue weighted by molar-refractivity contribution is 5.33. The van der Waals surface area contributed by atoms with Gasteiger partial charge in [0, 0.05) is 17.4 Å². The average molecular weight is 248 g/mol. The van der Waals surface area contributed by atoms with E-state index in [1.165, 1.54) is 17.5 Å². The molecule has 102 valence electrons. The largest absolute Gasteiger partial charge is 0.310 e. The summed E-state index contributed by atoms with van der Waals surface area (Å²) in [7, 11) is 0. The van der Waals surface area contributed by atoms with Crippen LogP contribution in [0.15, 0.2) is 6.07 Å². The highest BCUT2D eigenvalue weighted by Gasteiger charge is 2.14. The molecule has 1 unspecified atom stereocenters. The van der Waals surface area contributed by atoms with Crippen LogP contribution in [0, 0.1) is 26.2 Å². The minimum absolute atomic E-state index is 0.375. The Morgan fingerprint density at radius 2 is 1.83 bits per heavy atom. The van der Waals surface area contributed by atoms with Crippen LogP contribution in [-0.2, 0) is 0 Å². The standard InChI is InChI=1S/C16H28N2/c1-11-10-12(2)18-14(4)15(11)13(3)17-9-8-16(5,6)7/h10,13,17H,8-9H2,1-7H3. The molecule has 1 aromatic heterocycles. The summed E-state index contributed by atoms with van der Waals surface area (Å²) in [6.45, 7) is 16.5. The van der Waals surface area contributed by atoms with Gasteiger partial charge in [0.25, 0.3) is 0 Å². The summed E-state index contributed by atoms with van der Waals surface area (Å²) in [4.78, 5) is 4.57. The van der Waals surface area contributed by atoms with Gasteiger partial charge in [-0.25, -0.2) is 0 Å². The second-order valence-electron chi connectivity index (χ2n) is 6.57. The number of nitrogens with one attached hydrogen (secondary N) is 1. The van der Waals surface area contributed by atoms with E-state index in [1.807, 2.05) is 0 Å². The van der Waals surface area contributed by atoms with Crippen LogP contribution in [0.1, 0.15) is 62.7 Å². The van der Waals surface area contributed by atoms with Gasteiger partial charge >= 0.3 is 0 Å². The van der Waals surface area contributed by atoms with Crippen molar-refractivity contribution in [1.29, 1.82) is 0 Å². The molecule has 0 bridgehead atoms. The van der Waals surface area contributed by atoms with Crippen LogP contribution in [0.3, 0.4) is 0 Å². The van der Waals surface area contributed by atoms with Gasteiger partial charge in [0.15, 0.2) is 0 Å². The van der Waals surface area contributed by atoms with E-state index < -0.39 is 0 Å². The van der Waals surface area contributed by atoms with E-state index >= 15 is 0 Å². The highest BCUT2D eigenvalue weighted by atomic mass is 14.9. The minimum Gasteiger partial charge on any atom is -0.310 e. The third-order valence-electron chi connectivity index (χ3n) is 3.34. The lowest BCUT2D eigenvalue weighted by Gasteiger charge is -2.22. The van der Waals surface area contributed by atoms with Crippen molar-refractivity contribution in [2.45, 2.75) is 60.9 Å². The first kappa shape index (κ1) is 15.2. The molecular formula is C16H28N2. The first-order valence-electron chi connectivity index (χ1n) is 6.89. The van der Waals surface area contributed by atoms with E-state index in [0.717, 1.165) is 17.9 Å². The normalized spacial score (nSPS) is 13.7. The topological polar surface area (TPSA) is 24.9 Å². The Kier molecular flexibility index (Phi) is 4.92. The molecule has 0 amide bonds. The van der Waals surface area contributed by atoms with Crippen LogP contribution in [0.25, 0.3) is 0 Å². The van der Waals surface area contributed by atoms with E-state index in [1.54, 1.807) is 0 Å². The van der Waals surface area contributed by atoms with Crippen molar-refractivity contribution in [2.24, 2.45) is 5.41 Å². The number of aromatic nitrogens is 1. The van der Waals surface area contributed by atoms with Gasteiger partial charge in [0.2, 0.25) is 0 Å². The minimum atomic E-state index is 0.375. The van der Waals surface area contributed by atoms with Crippen molar-refractivity contribution in [2.75, 3.05) is 6.54 Å². The second-order valence-corrected chi connectivity index (χ2v) is 6.57. The molecule has 2 nitrogen and oxygen atoms in total. The molecule has 0 aliphatic rings. The zero-order valence-corrected chi connectivity index (χ0v) is 13.0. The fraction of sp³-hybridized carbons (Fsp3) is 0.688. The Balaban J connectivity index is 2.70. The SMILES string of the molecule is Cc1cc(C)c(C(C)NCCC(C)(C)C)c(C)n1. The second kappa shape index (κ2) is 5.83. The van der Waals surface area contributed by atoms with E-state index in [0.29, 0.717) is 11.5 Å². The van der Waals surface area contributed by atoms with Crippen LogP contribution >= 0.6 is 0 Å². The van der Waals surface area contributed by atoms with E-state index in [4.69, 9.17) is 0 Å². The number of aryl methyl sites for hydroxylation is 3. The molecule has 0 spiro atoms. The predicted molar refractivity (Wildman–Crippen MR) is 78.9 cm³/mol. The van der Waals surface area contributed by atoms with Gasteiger partial charge in [0.05, 0.1) is 0 Å². The van der Waals surface area contributed by atoms with Crippen molar-refractivity contribution in [1.82, 2.24) is 10.3 Å². The molecule has 18 heavy (non-hydrogen) atoms. The van der Waals surface area contributed by atoms with Crippen LogP contribution in [-0.4, -0.2) is 11.5 Å². The smallest absolute Gasteiger partial charge is 0.0426 e. The molecule has 0 saturated carbocycles. The van der Waals surface area contributed by atoms with Crippen LogP contribution < -0.4 is 5.32 Å². The number of pyridine rings is 1. The van der Waals surface area contributed by atoms with Gasteiger partial charge < -0.3 is 5.32 Å². The van der Waals surface area contributed by atoms with Gasteiger partial charge in [-0.2, -0.15) is 0 Å². The summed E-state index contributed by atoms with van der Waals surface area (Å²) < 4.78 is 0. The lowest BCUT2D eigenvalue weighted by molar-refractivity contribution is 0.357. The van der Waals surface area contributed by atoms with Crippen molar-refractivity contribution in [3.63, 3.8) is 0 Å². The molecule has 0 aliphatic carbocycles. The molecule has 0 saturated heterocycles. The van der Waals surface area contributed by atoms with Crippen molar-refractivity contribution < 1.29 is 0 Å². The maximum absolute atomic E-state index is 4.57. The highest BCUT2D eigenvalue weighted by Crippen LogP contribution is 2.22. The molecule has 2 heteroatoms. The lowest BCUT2D eigenvalue weighted by atomic mass is 9.92. The molecule has 1 heterocycles. The number of hydrogen-bond acceptors (Lipinski definition) is 2. The van der Waals surface area contributed by atoms with Crippen LogP contribution in [0.4, 0.5) is 0 Å². The molecule has 0 aliphatic heterocycles. The Hall–Kier alpha value is -0.890. The molecule has 1 rings (SSSR count). The third kappa shape index (κ3) is 4.41. The summed E-state index contributed by atoms with van der Waals surface area (Å²) in [6, 6.07) is 2.55. The molecule has 1 aromatic rings. The third-order valence-corrected chi connectivity index (χ3v) is 3.34. The Morgan fingerprint density at radius 3 is 2.33 bits per heavy atom. The quantitative estimate of drug-likeness (QED) is 0.868. The van der Waals surface area contributed by atoms with Gasteiger partial charge in [-0.15, -0.1) is 0 Å². The van der Waals surface area contributed by atoms with Crippen LogP contribution in [0.5, 0.6) is 0 Å². The molecule has 0 aromatic carbocycles. The van der Waals surface area contributed by atoms with Crippen LogP contribution in [0.2, 0.25) is 0 Å². The maximum Gasteiger partial charge on any atom is 0.0426 e. The van der Waals surface area contributed by atoms with Crippen molar-refractivity contribution in [3.8, 4) is 0 Å². The monoisotopic (exact) mass is 248 g/mol. The van der Waals surface area contributed by atoms with Crippen molar-refractivity contribution >= 4 is 0 Å². The Morgan fingerprint density at radius 1 is 1.22 bits per heavy atom. The first-order chi connectivity index (χ1) is 8.20. The summed E-state index contributed by atoms with van der Waals surface area (Å²) >= 11 is 0. The average Bonchev–Trinajstić information content (AvgIpc) is 2.13. The fourth-order valence-corrected chi connectivity index (χ4v) is 2.45. The number of hydrogen-bond donors (Lipinski definition) is 1. The molecule has 1 atom stereocenters. The van der Waals surface area contributed by atoms with E-state index in [2.05, 4.69) is 64.8 Å². The van der Waals surface area contributed by atoms with Gasteiger partial charge in [-0.1, -0.05) is 20.8 Å². The van der Waals surface area contributed by atoms with Gasteiger partial charge in [-0.3, -0.25) is 4.98 Å². The summed E-state index contributed by atoms with van der Waals surface area (Å²) in [5.74, 6) is 0. The number of rotatable bonds is 4. The summed E-state index contributed by atoms with van der Waals surface area (Å²) in [5, 5.41) is 3.62. The van der Waals surface area contributed by atoms with E-state index in [9.17, 15) is 0 Å².